The van der Waals surface area contributed by atoms with Crippen molar-refractivity contribution in [3.05, 3.63) is 60.8 Å². The van der Waals surface area contributed by atoms with Crippen molar-refractivity contribution in [2.45, 2.75) is 6.61 Å². The van der Waals surface area contributed by atoms with Crippen LogP contribution in [0.3, 0.4) is 0 Å². The van der Waals surface area contributed by atoms with E-state index in [4.69, 9.17) is 0 Å². The smallest absolute Gasteiger partial charge is 0.387 e. The fourth-order valence-electron chi connectivity index (χ4n) is 2.14. The largest absolute Gasteiger partial charge is 0.433 e. The first-order valence-electron chi connectivity index (χ1n) is 5.86. The van der Waals surface area contributed by atoms with Crippen molar-refractivity contribution in [3.63, 3.8) is 0 Å². The Labute approximate surface area is 108 Å². The second-order valence-electron chi connectivity index (χ2n) is 4.09. The van der Waals surface area contributed by atoms with Gasteiger partial charge in [-0.3, -0.25) is 0 Å². The number of para-hydroxylation sites is 3. The maximum atomic E-state index is 12.4. The van der Waals surface area contributed by atoms with Gasteiger partial charge >= 0.3 is 6.61 Å². The molecule has 4 heteroatoms. The Balaban J connectivity index is 2.16. The Bertz CT molecular complexity index is 706. The molecule has 19 heavy (non-hydrogen) atoms. The molecule has 0 aliphatic carbocycles. The summed E-state index contributed by atoms with van der Waals surface area (Å²) in [5.74, 6) is 0.166. The van der Waals surface area contributed by atoms with Crippen LogP contribution in [0.4, 0.5) is 8.78 Å². The first-order chi connectivity index (χ1) is 9.25. The van der Waals surface area contributed by atoms with Crippen LogP contribution < -0.4 is 4.74 Å². The van der Waals surface area contributed by atoms with Crippen molar-refractivity contribution in [2.75, 3.05) is 0 Å². The number of nitrogens with zero attached hydrogens (tertiary/aromatic N) is 1. The molecular formula is C15H11F2NO. The van der Waals surface area contributed by atoms with Crippen molar-refractivity contribution < 1.29 is 13.5 Å². The zero-order chi connectivity index (χ0) is 13.2. The first kappa shape index (κ1) is 11.7. The second-order valence-corrected chi connectivity index (χ2v) is 4.09. The molecule has 0 spiro atoms. The second kappa shape index (κ2) is 4.72. The average molecular weight is 259 g/mol. The Hall–Kier alpha value is -2.36. The number of rotatable bonds is 3. The number of hydrogen-bond acceptors (Lipinski definition) is 1. The van der Waals surface area contributed by atoms with Crippen LogP contribution in [-0.2, 0) is 0 Å². The van der Waals surface area contributed by atoms with Gasteiger partial charge in [-0.25, -0.2) is 0 Å². The normalized spacial score (nSPS) is 11.1. The number of fused-ring (bicyclic) bond motifs is 1. The monoisotopic (exact) mass is 259 g/mol. The molecule has 2 nitrogen and oxygen atoms in total. The molecule has 0 radical (unpaired) electrons. The highest BCUT2D eigenvalue weighted by Crippen LogP contribution is 2.28. The molecule has 0 aliphatic heterocycles. The van der Waals surface area contributed by atoms with Crippen molar-refractivity contribution in [3.8, 4) is 11.4 Å². The molecule has 3 rings (SSSR count). The molecule has 3 aromatic rings. The molecule has 0 saturated carbocycles. The van der Waals surface area contributed by atoms with Gasteiger partial charge in [-0.15, -0.1) is 0 Å². The van der Waals surface area contributed by atoms with Crippen LogP contribution in [0.1, 0.15) is 0 Å². The van der Waals surface area contributed by atoms with E-state index in [0.29, 0.717) is 5.69 Å². The quantitative estimate of drug-likeness (QED) is 0.686. The third kappa shape index (κ3) is 2.17. The zero-order valence-corrected chi connectivity index (χ0v) is 9.96. The summed E-state index contributed by atoms with van der Waals surface area (Å²) in [5.41, 5.74) is 1.55. The van der Waals surface area contributed by atoms with Crippen LogP contribution in [0, 0.1) is 0 Å². The van der Waals surface area contributed by atoms with Gasteiger partial charge in [0, 0.05) is 6.20 Å². The predicted molar refractivity (Wildman–Crippen MR) is 69.9 cm³/mol. The van der Waals surface area contributed by atoms with Gasteiger partial charge in [0.05, 0.1) is 11.2 Å². The Kier molecular flexibility index (Phi) is 2.91. The molecular weight excluding hydrogens is 248 g/mol. The van der Waals surface area contributed by atoms with Gasteiger partial charge in [0.25, 0.3) is 0 Å². The summed E-state index contributed by atoms with van der Waals surface area (Å²) in [6.45, 7) is -2.83. The number of hydrogen-bond donors (Lipinski definition) is 0. The van der Waals surface area contributed by atoms with Crippen molar-refractivity contribution in [1.29, 1.82) is 0 Å². The van der Waals surface area contributed by atoms with E-state index in [1.165, 1.54) is 6.07 Å². The summed E-state index contributed by atoms with van der Waals surface area (Å²) in [4.78, 5) is 0. The average Bonchev–Trinajstić information content (AvgIpc) is 2.82. The van der Waals surface area contributed by atoms with Crippen LogP contribution >= 0.6 is 0 Å². The lowest BCUT2D eigenvalue weighted by Crippen LogP contribution is -2.05. The summed E-state index contributed by atoms with van der Waals surface area (Å²) in [5, 5.41) is 1.05. The van der Waals surface area contributed by atoms with Gasteiger partial charge in [-0.2, -0.15) is 8.78 Å². The Morgan fingerprint density at radius 3 is 2.47 bits per heavy atom. The number of ether oxygens (including phenoxy) is 1. The molecule has 0 amide bonds. The molecule has 0 fully saturated rings. The van der Waals surface area contributed by atoms with Gasteiger partial charge in [0.15, 0.2) is 0 Å². The van der Waals surface area contributed by atoms with Gasteiger partial charge in [-0.1, -0.05) is 30.3 Å². The lowest BCUT2D eigenvalue weighted by Gasteiger charge is -2.12. The van der Waals surface area contributed by atoms with E-state index < -0.39 is 6.61 Å². The van der Waals surface area contributed by atoms with E-state index >= 15 is 0 Å². The minimum absolute atomic E-state index is 0.166. The van der Waals surface area contributed by atoms with Gasteiger partial charge in [-0.05, 0) is 29.7 Å². The lowest BCUT2D eigenvalue weighted by molar-refractivity contribution is -0.0498. The lowest BCUT2D eigenvalue weighted by atomic mass is 10.2. The van der Waals surface area contributed by atoms with Crippen LogP contribution in [-0.4, -0.2) is 11.2 Å². The predicted octanol–water partition coefficient (Wildman–Crippen LogP) is 4.23. The zero-order valence-electron chi connectivity index (χ0n) is 9.96. The Morgan fingerprint density at radius 1 is 0.895 bits per heavy atom. The summed E-state index contributed by atoms with van der Waals surface area (Å²) in [6, 6.07) is 16.5. The third-order valence-corrected chi connectivity index (χ3v) is 2.94. The topological polar surface area (TPSA) is 14.2 Å². The third-order valence-electron chi connectivity index (χ3n) is 2.94. The van der Waals surface area contributed by atoms with Crippen LogP contribution in [0.25, 0.3) is 16.6 Å². The van der Waals surface area contributed by atoms with Gasteiger partial charge in [0.2, 0.25) is 0 Å². The molecule has 1 aromatic heterocycles. The van der Waals surface area contributed by atoms with E-state index in [0.717, 1.165) is 10.9 Å². The highest BCUT2D eigenvalue weighted by molar-refractivity contribution is 5.82. The Morgan fingerprint density at radius 2 is 1.63 bits per heavy atom. The van der Waals surface area contributed by atoms with Crippen LogP contribution in [0.15, 0.2) is 60.8 Å². The minimum Gasteiger partial charge on any atom is -0.433 e. The van der Waals surface area contributed by atoms with Crippen LogP contribution in [0.2, 0.25) is 0 Å². The van der Waals surface area contributed by atoms with E-state index in [1.807, 2.05) is 41.1 Å². The molecule has 0 saturated heterocycles. The summed E-state index contributed by atoms with van der Waals surface area (Å²) in [6.07, 6.45) is 1.85. The molecule has 0 atom stereocenters. The molecule has 1 heterocycles. The SMILES string of the molecule is FC(F)Oc1ccccc1-n1ccc2ccccc21. The van der Waals surface area contributed by atoms with Crippen LogP contribution in [0.5, 0.6) is 5.75 Å². The maximum Gasteiger partial charge on any atom is 0.387 e. The molecule has 0 bridgehead atoms. The number of halogens is 2. The summed E-state index contributed by atoms with van der Waals surface area (Å²) >= 11 is 0. The van der Waals surface area contributed by atoms with Crippen molar-refractivity contribution in [2.24, 2.45) is 0 Å². The standard InChI is InChI=1S/C15H11F2NO/c16-15(17)19-14-8-4-3-7-13(14)18-10-9-11-5-1-2-6-12(11)18/h1-10,15H. The minimum atomic E-state index is -2.83. The highest BCUT2D eigenvalue weighted by atomic mass is 19.3. The van der Waals surface area contributed by atoms with E-state index in [1.54, 1.807) is 18.2 Å². The van der Waals surface area contributed by atoms with Gasteiger partial charge in [0.1, 0.15) is 5.75 Å². The maximum absolute atomic E-state index is 12.4. The fourth-order valence-corrected chi connectivity index (χ4v) is 2.14. The van der Waals surface area contributed by atoms with E-state index in [9.17, 15) is 8.78 Å². The number of benzene rings is 2. The molecule has 0 N–H and O–H groups in total. The fraction of sp³-hybridized carbons (Fsp3) is 0.0667. The summed E-state index contributed by atoms with van der Waals surface area (Å²) < 4.78 is 31.3. The first-order valence-corrected chi connectivity index (χ1v) is 5.86. The van der Waals surface area contributed by atoms with Crippen molar-refractivity contribution >= 4 is 10.9 Å². The molecule has 0 unspecified atom stereocenters. The van der Waals surface area contributed by atoms with E-state index in [-0.39, 0.29) is 5.75 Å². The summed E-state index contributed by atoms with van der Waals surface area (Å²) in [7, 11) is 0. The van der Waals surface area contributed by atoms with E-state index in [2.05, 4.69) is 4.74 Å². The molecule has 0 aliphatic rings. The number of aromatic nitrogens is 1. The number of alkyl halides is 2. The molecule has 96 valence electrons. The highest BCUT2D eigenvalue weighted by Gasteiger charge is 2.11. The van der Waals surface area contributed by atoms with Crippen molar-refractivity contribution in [1.82, 2.24) is 4.57 Å². The molecule has 2 aromatic carbocycles. The van der Waals surface area contributed by atoms with Gasteiger partial charge < -0.3 is 9.30 Å².